The van der Waals surface area contributed by atoms with Crippen molar-refractivity contribution in [1.29, 1.82) is 0 Å². The number of rotatable bonds is 7. The number of carbonyl (C=O) groups is 2. The second-order valence-electron chi connectivity index (χ2n) is 5.99. The molecule has 23 heavy (non-hydrogen) atoms. The fourth-order valence-electron chi connectivity index (χ4n) is 3.16. The zero-order valence-corrected chi connectivity index (χ0v) is 14.5. The molecule has 6 heteroatoms. The average molecular weight is 320 g/mol. The summed E-state index contributed by atoms with van der Waals surface area (Å²) in [7, 11) is 0. The van der Waals surface area contributed by atoms with Gasteiger partial charge in [0.2, 0.25) is 5.91 Å². The highest BCUT2D eigenvalue weighted by atomic mass is 16.2. The molecule has 1 aliphatic rings. The lowest BCUT2D eigenvalue weighted by atomic mass is 10.1. The van der Waals surface area contributed by atoms with Crippen LogP contribution in [0.15, 0.2) is 0 Å². The summed E-state index contributed by atoms with van der Waals surface area (Å²) < 4.78 is 2.16. The number of fused-ring (bicyclic) bond motifs is 1. The van der Waals surface area contributed by atoms with Crippen molar-refractivity contribution in [2.24, 2.45) is 0 Å². The van der Waals surface area contributed by atoms with E-state index in [4.69, 9.17) is 0 Å². The number of aromatic nitrogens is 2. The normalized spacial score (nSPS) is 13.5. The van der Waals surface area contributed by atoms with Gasteiger partial charge >= 0.3 is 0 Å². The fourth-order valence-corrected chi connectivity index (χ4v) is 3.16. The van der Waals surface area contributed by atoms with Crippen molar-refractivity contribution in [3.8, 4) is 0 Å². The minimum absolute atomic E-state index is 0.112. The number of nitrogens with zero attached hydrogens (tertiary/aromatic N) is 3. The van der Waals surface area contributed by atoms with Crippen LogP contribution in [-0.4, -0.2) is 45.9 Å². The first-order chi connectivity index (χ1) is 11.1. The number of nitrogens with one attached hydrogen (secondary N) is 1. The summed E-state index contributed by atoms with van der Waals surface area (Å²) in [6, 6.07) is 0. The molecule has 2 amide bonds. The molecule has 0 unspecified atom stereocenters. The molecule has 6 nitrogen and oxygen atoms in total. The monoisotopic (exact) mass is 320 g/mol. The maximum Gasteiger partial charge on any atom is 0.271 e. The average Bonchev–Trinajstić information content (AvgIpc) is 2.90. The first kappa shape index (κ1) is 17.5. The number of aryl methyl sites for hydroxylation is 1. The van der Waals surface area contributed by atoms with E-state index in [9.17, 15) is 9.59 Å². The zero-order chi connectivity index (χ0) is 16.8. The van der Waals surface area contributed by atoms with Crippen LogP contribution in [0.25, 0.3) is 0 Å². The maximum atomic E-state index is 12.3. The minimum Gasteiger partial charge on any atom is -0.351 e. The second kappa shape index (κ2) is 8.13. The fraction of sp³-hybridized carbons (Fsp3) is 0.706. The molecule has 0 saturated carbocycles. The van der Waals surface area contributed by atoms with Crippen LogP contribution in [0.4, 0.5) is 0 Å². The van der Waals surface area contributed by atoms with Crippen LogP contribution in [0.2, 0.25) is 0 Å². The van der Waals surface area contributed by atoms with Gasteiger partial charge in [0.05, 0.1) is 5.69 Å². The second-order valence-corrected chi connectivity index (χ2v) is 5.99. The van der Waals surface area contributed by atoms with Crippen molar-refractivity contribution < 1.29 is 9.59 Å². The van der Waals surface area contributed by atoms with E-state index < -0.39 is 0 Å². The molecule has 128 valence electrons. The standard InChI is InChI=1S/C17H28N4O2/c1-4-20(5-2)15(22)10-8-11-18-17(23)16-14-9-6-7-12-21(14)13(3)19-16/h4-12H2,1-3H3,(H,18,23). The van der Waals surface area contributed by atoms with Gasteiger partial charge in [-0.05, 0) is 46.5 Å². The van der Waals surface area contributed by atoms with E-state index in [-0.39, 0.29) is 11.8 Å². The number of imidazole rings is 1. The predicted molar refractivity (Wildman–Crippen MR) is 89.4 cm³/mol. The van der Waals surface area contributed by atoms with Gasteiger partial charge < -0.3 is 14.8 Å². The van der Waals surface area contributed by atoms with Gasteiger partial charge in [-0.15, -0.1) is 0 Å². The highest BCUT2D eigenvalue weighted by molar-refractivity contribution is 5.93. The highest BCUT2D eigenvalue weighted by Gasteiger charge is 2.22. The molecule has 0 radical (unpaired) electrons. The van der Waals surface area contributed by atoms with Crippen molar-refractivity contribution in [1.82, 2.24) is 19.8 Å². The van der Waals surface area contributed by atoms with Crippen LogP contribution in [0.5, 0.6) is 0 Å². The summed E-state index contributed by atoms with van der Waals surface area (Å²) in [6.07, 6.45) is 4.32. The Morgan fingerprint density at radius 3 is 2.70 bits per heavy atom. The molecule has 1 N–H and O–H groups in total. The molecule has 2 rings (SSSR count). The Morgan fingerprint density at radius 1 is 1.26 bits per heavy atom. The van der Waals surface area contributed by atoms with Gasteiger partial charge in [-0.25, -0.2) is 4.98 Å². The molecule has 1 aromatic heterocycles. The topological polar surface area (TPSA) is 67.2 Å². The lowest BCUT2D eigenvalue weighted by Gasteiger charge is -2.18. The van der Waals surface area contributed by atoms with Crippen molar-refractivity contribution >= 4 is 11.8 Å². The van der Waals surface area contributed by atoms with Crippen LogP contribution in [-0.2, 0) is 17.8 Å². The van der Waals surface area contributed by atoms with E-state index >= 15 is 0 Å². The molecule has 2 heterocycles. The Bertz CT molecular complexity index is 561. The quantitative estimate of drug-likeness (QED) is 0.780. The van der Waals surface area contributed by atoms with Crippen LogP contribution in [0, 0.1) is 6.92 Å². The van der Waals surface area contributed by atoms with E-state index in [0.29, 0.717) is 25.1 Å². The molecule has 1 aromatic rings. The largest absolute Gasteiger partial charge is 0.351 e. The molecule has 0 spiro atoms. The first-order valence-electron chi connectivity index (χ1n) is 8.70. The third kappa shape index (κ3) is 4.12. The Labute approximate surface area is 138 Å². The van der Waals surface area contributed by atoms with Crippen molar-refractivity contribution in [2.45, 2.75) is 59.4 Å². The molecule has 0 saturated heterocycles. The van der Waals surface area contributed by atoms with Crippen molar-refractivity contribution in [3.05, 3.63) is 17.2 Å². The molecule has 0 aliphatic carbocycles. The summed E-state index contributed by atoms with van der Waals surface area (Å²) >= 11 is 0. The Hall–Kier alpha value is -1.85. The number of hydrogen-bond donors (Lipinski definition) is 1. The van der Waals surface area contributed by atoms with E-state index in [1.54, 1.807) is 0 Å². The summed E-state index contributed by atoms with van der Waals surface area (Å²) in [5.41, 5.74) is 1.63. The smallest absolute Gasteiger partial charge is 0.271 e. The molecule has 0 aromatic carbocycles. The van der Waals surface area contributed by atoms with Crippen LogP contribution in [0.3, 0.4) is 0 Å². The highest BCUT2D eigenvalue weighted by Crippen LogP contribution is 2.20. The third-order valence-electron chi connectivity index (χ3n) is 4.49. The van der Waals surface area contributed by atoms with Gasteiger partial charge in [0.1, 0.15) is 11.5 Å². The number of amides is 2. The van der Waals surface area contributed by atoms with Crippen molar-refractivity contribution in [3.63, 3.8) is 0 Å². The maximum absolute atomic E-state index is 12.3. The molecule has 0 fully saturated rings. The predicted octanol–water partition coefficient (Wildman–Crippen LogP) is 1.91. The van der Waals surface area contributed by atoms with Gasteiger partial charge in [0.15, 0.2) is 0 Å². The van der Waals surface area contributed by atoms with Gasteiger partial charge in [-0.2, -0.15) is 0 Å². The molecular formula is C17H28N4O2. The van der Waals surface area contributed by atoms with E-state index in [1.807, 2.05) is 25.7 Å². The van der Waals surface area contributed by atoms with E-state index in [0.717, 1.165) is 50.4 Å². The number of hydrogen-bond acceptors (Lipinski definition) is 3. The van der Waals surface area contributed by atoms with Gasteiger partial charge in [0.25, 0.3) is 5.91 Å². The Morgan fingerprint density at radius 2 is 2.00 bits per heavy atom. The summed E-state index contributed by atoms with van der Waals surface area (Å²) in [5, 5.41) is 2.91. The Kier molecular flexibility index (Phi) is 6.19. The summed E-state index contributed by atoms with van der Waals surface area (Å²) in [6.45, 7) is 8.86. The molecular weight excluding hydrogens is 292 g/mol. The minimum atomic E-state index is -0.112. The molecule has 1 aliphatic heterocycles. The van der Waals surface area contributed by atoms with Gasteiger partial charge in [0, 0.05) is 32.6 Å². The lowest BCUT2D eigenvalue weighted by molar-refractivity contribution is -0.130. The van der Waals surface area contributed by atoms with Gasteiger partial charge in [-0.3, -0.25) is 9.59 Å². The molecule has 0 atom stereocenters. The van der Waals surface area contributed by atoms with E-state index in [2.05, 4.69) is 14.9 Å². The van der Waals surface area contributed by atoms with Crippen LogP contribution in [0.1, 0.15) is 61.5 Å². The Balaban J connectivity index is 1.83. The zero-order valence-electron chi connectivity index (χ0n) is 14.5. The SMILES string of the molecule is CCN(CC)C(=O)CCCNC(=O)c1nc(C)n2c1CCCC2. The summed E-state index contributed by atoms with van der Waals surface area (Å²) in [5.74, 6) is 0.958. The van der Waals surface area contributed by atoms with E-state index in [1.165, 1.54) is 0 Å². The summed E-state index contributed by atoms with van der Waals surface area (Å²) in [4.78, 5) is 30.5. The third-order valence-corrected chi connectivity index (χ3v) is 4.49. The molecule has 0 bridgehead atoms. The van der Waals surface area contributed by atoms with Crippen LogP contribution >= 0.6 is 0 Å². The van der Waals surface area contributed by atoms with Crippen molar-refractivity contribution in [2.75, 3.05) is 19.6 Å². The van der Waals surface area contributed by atoms with Gasteiger partial charge in [-0.1, -0.05) is 0 Å². The lowest BCUT2D eigenvalue weighted by Crippen LogP contribution is -2.32. The van der Waals surface area contributed by atoms with Crippen LogP contribution < -0.4 is 5.32 Å². The first-order valence-corrected chi connectivity index (χ1v) is 8.70. The number of carbonyl (C=O) groups excluding carboxylic acids is 2.